The number of morpholine rings is 1. The van der Waals surface area contributed by atoms with Gasteiger partial charge in [0, 0.05) is 39.3 Å². The van der Waals surface area contributed by atoms with Crippen molar-refractivity contribution in [2.75, 3.05) is 76.3 Å². The second-order valence-corrected chi connectivity index (χ2v) is 6.15. The molecular formula is C17H26N4O2. The molecule has 2 aliphatic rings. The van der Waals surface area contributed by atoms with E-state index in [-0.39, 0.29) is 5.91 Å². The van der Waals surface area contributed by atoms with Crippen molar-refractivity contribution in [1.29, 1.82) is 0 Å². The van der Waals surface area contributed by atoms with Crippen molar-refractivity contribution >= 4 is 17.3 Å². The van der Waals surface area contributed by atoms with Crippen LogP contribution in [0.15, 0.2) is 24.3 Å². The highest BCUT2D eigenvalue weighted by Crippen LogP contribution is 2.26. The summed E-state index contributed by atoms with van der Waals surface area (Å²) in [5, 5.41) is 3.33. The van der Waals surface area contributed by atoms with Crippen LogP contribution in [0.2, 0.25) is 0 Å². The normalized spacial score (nSPS) is 19.7. The van der Waals surface area contributed by atoms with Gasteiger partial charge in [-0.2, -0.15) is 0 Å². The number of carbonyl (C=O) groups excluding carboxylic acids is 1. The van der Waals surface area contributed by atoms with Gasteiger partial charge < -0.3 is 24.8 Å². The molecule has 0 saturated carbocycles. The number of nitrogens with zero attached hydrogens (tertiary/aromatic N) is 3. The Morgan fingerprint density at radius 1 is 1.09 bits per heavy atom. The average Bonchev–Trinajstić information content (AvgIpc) is 2.61. The van der Waals surface area contributed by atoms with Gasteiger partial charge in [-0.1, -0.05) is 12.1 Å². The number of para-hydroxylation sites is 2. The summed E-state index contributed by atoms with van der Waals surface area (Å²) >= 11 is 0. The van der Waals surface area contributed by atoms with Gasteiger partial charge in [0.1, 0.15) is 0 Å². The Hall–Kier alpha value is -1.79. The van der Waals surface area contributed by atoms with Crippen LogP contribution < -0.4 is 10.2 Å². The van der Waals surface area contributed by atoms with Gasteiger partial charge in [0.25, 0.3) is 0 Å². The molecule has 1 aromatic rings. The highest BCUT2D eigenvalue weighted by molar-refractivity contribution is 5.83. The standard InChI is InChI=1S/C17H26N4O2/c1-19-6-8-21(9-7-19)17(22)14-18-15-4-2-3-5-16(15)20-10-12-23-13-11-20/h2-5,18H,6-14H2,1H3. The van der Waals surface area contributed by atoms with Crippen LogP contribution >= 0.6 is 0 Å². The SMILES string of the molecule is CN1CCN(C(=O)CNc2ccccc2N2CCOCC2)CC1. The van der Waals surface area contributed by atoms with Crippen LogP contribution in [0.1, 0.15) is 0 Å². The van der Waals surface area contributed by atoms with E-state index < -0.39 is 0 Å². The number of benzene rings is 1. The summed E-state index contributed by atoms with van der Waals surface area (Å²) in [5.41, 5.74) is 2.18. The fraction of sp³-hybridized carbons (Fsp3) is 0.588. The highest BCUT2D eigenvalue weighted by atomic mass is 16.5. The van der Waals surface area contributed by atoms with Crippen molar-refractivity contribution in [3.05, 3.63) is 24.3 Å². The lowest BCUT2D eigenvalue weighted by molar-refractivity contribution is -0.130. The number of anilines is 2. The van der Waals surface area contributed by atoms with Crippen LogP contribution in [0.3, 0.4) is 0 Å². The summed E-state index contributed by atoms with van der Waals surface area (Å²) in [5.74, 6) is 0.176. The molecule has 126 valence electrons. The van der Waals surface area contributed by atoms with E-state index in [2.05, 4.69) is 28.2 Å². The van der Waals surface area contributed by atoms with Gasteiger partial charge in [-0.05, 0) is 19.2 Å². The van der Waals surface area contributed by atoms with Gasteiger partial charge >= 0.3 is 0 Å². The first-order chi connectivity index (χ1) is 11.2. The second kappa shape index (κ2) is 7.66. The Kier molecular flexibility index (Phi) is 5.35. The molecule has 23 heavy (non-hydrogen) atoms. The maximum atomic E-state index is 12.4. The predicted molar refractivity (Wildman–Crippen MR) is 92.0 cm³/mol. The third kappa shape index (κ3) is 4.14. The lowest BCUT2D eigenvalue weighted by atomic mass is 10.2. The number of nitrogens with one attached hydrogen (secondary N) is 1. The molecule has 0 atom stereocenters. The zero-order chi connectivity index (χ0) is 16.1. The maximum absolute atomic E-state index is 12.4. The fourth-order valence-corrected chi connectivity index (χ4v) is 3.04. The Morgan fingerprint density at radius 2 is 1.78 bits per heavy atom. The number of amides is 1. The Bertz CT molecular complexity index is 523. The number of carbonyl (C=O) groups is 1. The van der Waals surface area contributed by atoms with Crippen LogP contribution in [0.5, 0.6) is 0 Å². The minimum Gasteiger partial charge on any atom is -0.378 e. The lowest BCUT2D eigenvalue weighted by Crippen LogP contribution is -2.48. The highest BCUT2D eigenvalue weighted by Gasteiger charge is 2.19. The fourth-order valence-electron chi connectivity index (χ4n) is 3.04. The second-order valence-electron chi connectivity index (χ2n) is 6.15. The van der Waals surface area contributed by atoms with Crippen molar-refractivity contribution < 1.29 is 9.53 Å². The zero-order valence-electron chi connectivity index (χ0n) is 13.8. The van der Waals surface area contributed by atoms with E-state index in [0.29, 0.717) is 6.54 Å². The number of likely N-dealkylation sites (N-methyl/N-ethyl adjacent to an activating group) is 1. The van der Waals surface area contributed by atoms with Crippen LogP contribution in [-0.2, 0) is 9.53 Å². The molecule has 0 bridgehead atoms. The van der Waals surface area contributed by atoms with E-state index in [0.717, 1.165) is 63.9 Å². The molecule has 0 aromatic heterocycles. The van der Waals surface area contributed by atoms with Crippen LogP contribution in [-0.4, -0.2) is 81.8 Å². The minimum atomic E-state index is 0.176. The van der Waals surface area contributed by atoms with Crippen molar-refractivity contribution in [3.8, 4) is 0 Å². The molecule has 3 rings (SSSR count). The van der Waals surface area contributed by atoms with E-state index in [4.69, 9.17) is 4.74 Å². The molecule has 2 heterocycles. The smallest absolute Gasteiger partial charge is 0.241 e. The minimum absolute atomic E-state index is 0.176. The van der Waals surface area contributed by atoms with E-state index in [1.54, 1.807) is 0 Å². The molecule has 2 fully saturated rings. The summed E-state index contributed by atoms with van der Waals surface area (Å²) in [7, 11) is 2.10. The first-order valence-corrected chi connectivity index (χ1v) is 8.36. The quantitative estimate of drug-likeness (QED) is 0.886. The van der Waals surface area contributed by atoms with Gasteiger partial charge in [-0.3, -0.25) is 4.79 Å². The Morgan fingerprint density at radius 3 is 2.52 bits per heavy atom. The third-order valence-electron chi connectivity index (χ3n) is 4.54. The summed E-state index contributed by atoms with van der Waals surface area (Å²) in [6.45, 7) is 7.21. The first-order valence-electron chi connectivity index (χ1n) is 8.36. The molecule has 2 saturated heterocycles. The maximum Gasteiger partial charge on any atom is 0.241 e. The van der Waals surface area contributed by atoms with Gasteiger partial charge in [0.2, 0.25) is 5.91 Å². The van der Waals surface area contributed by atoms with Crippen LogP contribution in [0.25, 0.3) is 0 Å². The average molecular weight is 318 g/mol. The molecule has 1 aromatic carbocycles. The molecule has 1 N–H and O–H groups in total. The van der Waals surface area contributed by atoms with E-state index in [9.17, 15) is 4.79 Å². The van der Waals surface area contributed by atoms with E-state index >= 15 is 0 Å². The van der Waals surface area contributed by atoms with Crippen LogP contribution in [0.4, 0.5) is 11.4 Å². The van der Waals surface area contributed by atoms with Crippen LogP contribution in [0, 0.1) is 0 Å². The van der Waals surface area contributed by atoms with Gasteiger partial charge in [0.05, 0.1) is 31.1 Å². The van der Waals surface area contributed by atoms with E-state index in [1.807, 2.05) is 23.1 Å². The molecule has 0 radical (unpaired) electrons. The summed E-state index contributed by atoms with van der Waals surface area (Å²) in [6.07, 6.45) is 0. The molecule has 0 unspecified atom stereocenters. The van der Waals surface area contributed by atoms with Gasteiger partial charge in [0.15, 0.2) is 0 Å². The predicted octanol–water partition coefficient (Wildman–Crippen LogP) is 0.709. The summed E-state index contributed by atoms with van der Waals surface area (Å²) in [6, 6.07) is 8.20. The molecule has 0 spiro atoms. The topological polar surface area (TPSA) is 48.0 Å². The first kappa shape index (κ1) is 16.1. The lowest BCUT2D eigenvalue weighted by Gasteiger charge is -2.33. The number of hydrogen-bond donors (Lipinski definition) is 1. The molecule has 6 nitrogen and oxygen atoms in total. The summed E-state index contributed by atoms with van der Waals surface area (Å²) in [4.78, 5) is 18.9. The van der Waals surface area contributed by atoms with Crippen molar-refractivity contribution in [3.63, 3.8) is 0 Å². The van der Waals surface area contributed by atoms with E-state index in [1.165, 1.54) is 0 Å². The summed E-state index contributed by atoms with van der Waals surface area (Å²) < 4.78 is 5.42. The molecule has 1 amide bonds. The molecular weight excluding hydrogens is 292 g/mol. The largest absolute Gasteiger partial charge is 0.378 e. The Balaban J connectivity index is 1.58. The Labute approximate surface area is 138 Å². The molecule has 0 aliphatic carbocycles. The number of rotatable bonds is 4. The molecule has 6 heteroatoms. The zero-order valence-corrected chi connectivity index (χ0v) is 13.8. The van der Waals surface area contributed by atoms with Crippen molar-refractivity contribution in [2.24, 2.45) is 0 Å². The third-order valence-corrected chi connectivity index (χ3v) is 4.54. The molecule has 2 aliphatic heterocycles. The number of hydrogen-bond acceptors (Lipinski definition) is 5. The number of ether oxygens (including phenoxy) is 1. The van der Waals surface area contributed by atoms with Crippen molar-refractivity contribution in [2.45, 2.75) is 0 Å². The monoisotopic (exact) mass is 318 g/mol. The number of piperazine rings is 1. The van der Waals surface area contributed by atoms with Gasteiger partial charge in [-0.15, -0.1) is 0 Å². The van der Waals surface area contributed by atoms with Crippen molar-refractivity contribution in [1.82, 2.24) is 9.80 Å². The van der Waals surface area contributed by atoms with Gasteiger partial charge in [-0.25, -0.2) is 0 Å².